The zero-order valence-corrected chi connectivity index (χ0v) is 10.1. The van der Waals surface area contributed by atoms with Crippen LogP contribution in [-0.4, -0.2) is 38.3 Å². The van der Waals surface area contributed by atoms with Crippen molar-refractivity contribution < 1.29 is 14.8 Å². The molecule has 1 atom stereocenters. The molecule has 0 aromatic carbocycles. The summed E-state index contributed by atoms with van der Waals surface area (Å²) in [6.45, 7) is 5.85. The highest BCUT2D eigenvalue weighted by molar-refractivity contribution is 5.11. The van der Waals surface area contributed by atoms with Crippen molar-refractivity contribution in [1.82, 2.24) is 9.97 Å². The van der Waals surface area contributed by atoms with Crippen LogP contribution >= 0.6 is 0 Å². The van der Waals surface area contributed by atoms with Crippen LogP contribution in [0, 0.1) is 10.1 Å². The van der Waals surface area contributed by atoms with Gasteiger partial charge >= 0.3 is 5.95 Å². The van der Waals surface area contributed by atoms with Crippen LogP contribution in [-0.2, 0) is 11.2 Å². The van der Waals surface area contributed by atoms with E-state index in [4.69, 9.17) is 4.74 Å². The molecule has 0 amide bonds. The Bertz CT molecular complexity index is 383. The number of aliphatic hydroxyl groups excluding tert-OH is 1. The lowest BCUT2D eigenvalue weighted by molar-refractivity contribution is -0.393. The summed E-state index contributed by atoms with van der Waals surface area (Å²) in [6.07, 6.45) is 0.879. The van der Waals surface area contributed by atoms with E-state index >= 15 is 0 Å². The second kappa shape index (κ2) is 5.24. The fourth-order valence-corrected chi connectivity index (χ4v) is 1.20. The number of nitro groups is 1. The molecule has 0 aliphatic heterocycles. The smallest absolute Gasteiger partial charge is 0.390 e. The maximum absolute atomic E-state index is 10.4. The van der Waals surface area contributed by atoms with Crippen molar-refractivity contribution in [2.45, 2.75) is 38.9 Å². The molecule has 1 aromatic heterocycles. The summed E-state index contributed by atoms with van der Waals surface area (Å²) in [5.41, 5.74) is 0.197. The predicted molar refractivity (Wildman–Crippen MR) is 60.7 cm³/mol. The van der Waals surface area contributed by atoms with Crippen LogP contribution in [0.4, 0.5) is 5.95 Å². The molecule has 1 unspecified atom stereocenters. The van der Waals surface area contributed by atoms with Crippen LogP contribution < -0.4 is 0 Å². The fraction of sp³-hybridized carbons (Fsp3) is 0.700. The molecular formula is C10H17N3O4. The Kier molecular flexibility index (Phi) is 4.19. The number of aliphatic hydroxyl groups is 1. The number of aromatic amines is 1. The Morgan fingerprint density at radius 3 is 2.76 bits per heavy atom. The van der Waals surface area contributed by atoms with Crippen molar-refractivity contribution in [3.05, 3.63) is 22.0 Å². The van der Waals surface area contributed by atoms with E-state index in [9.17, 15) is 15.2 Å². The lowest BCUT2D eigenvalue weighted by Crippen LogP contribution is -2.27. The van der Waals surface area contributed by atoms with Crippen LogP contribution in [0.2, 0.25) is 0 Å². The van der Waals surface area contributed by atoms with Gasteiger partial charge in [0, 0.05) is 6.42 Å². The van der Waals surface area contributed by atoms with Crippen LogP contribution in [0.5, 0.6) is 0 Å². The lowest BCUT2D eigenvalue weighted by Gasteiger charge is -2.21. The van der Waals surface area contributed by atoms with Gasteiger partial charge in [0.25, 0.3) is 0 Å². The number of H-pyrrole nitrogens is 1. The quantitative estimate of drug-likeness (QED) is 0.594. The molecule has 0 bridgehead atoms. The minimum atomic E-state index is -0.714. The van der Waals surface area contributed by atoms with Gasteiger partial charge in [-0.25, -0.2) is 4.98 Å². The van der Waals surface area contributed by atoms with Gasteiger partial charge in [-0.05, 0) is 25.7 Å². The van der Waals surface area contributed by atoms with Crippen LogP contribution in [0.1, 0.15) is 26.5 Å². The first kappa shape index (κ1) is 13.6. The molecular weight excluding hydrogens is 226 g/mol. The standard InChI is InChI=1S/C10H17N3O4/c1-10(2,3)17-6-8(14)4-7-5-11-9(12-7)13(15)16/h5,8,14H,4,6H2,1-3H3,(H,11,12). The van der Waals surface area contributed by atoms with Gasteiger partial charge in [-0.2, -0.15) is 0 Å². The summed E-state index contributed by atoms with van der Waals surface area (Å²) in [4.78, 5) is 15.9. The number of nitrogens with zero attached hydrogens (tertiary/aromatic N) is 2. The first-order valence-corrected chi connectivity index (χ1v) is 5.28. The van der Waals surface area contributed by atoms with Gasteiger partial charge in [-0.3, -0.25) is 0 Å². The molecule has 0 fully saturated rings. The Balaban J connectivity index is 2.45. The van der Waals surface area contributed by atoms with Crippen molar-refractivity contribution in [3.63, 3.8) is 0 Å². The molecule has 0 aliphatic rings. The Morgan fingerprint density at radius 2 is 2.29 bits per heavy atom. The number of hydrogen-bond acceptors (Lipinski definition) is 5. The molecule has 1 aromatic rings. The lowest BCUT2D eigenvalue weighted by atomic mass is 10.2. The monoisotopic (exact) mass is 243 g/mol. The molecule has 7 heteroatoms. The third-order valence-electron chi connectivity index (χ3n) is 1.95. The molecule has 0 aliphatic carbocycles. The molecule has 0 spiro atoms. The molecule has 0 radical (unpaired) electrons. The maximum Gasteiger partial charge on any atom is 0.432 e. The summed E-state index contributed by atoms with van der Waals surface area (Å²) < 4.78 is 5.40. The van der Waals surface area contributed by atoms with E-state index in [0.29, 0.717) is 5.69 Å². The topological polar surface area (TPSA) is 101 Å². The highest BCUT2D eigenvalue weighted by atomic mass is 16.6. The van der Waals surface area contributed by atoms with Crippen molar-refractivity contribution >= 4 is 5.95 Å². The average molecular weight is 243 g/mol. The first-order valence-electron chi connectivity index (χ1n) is 5.28. The highest BCUT2D eigenvalue weighted by Gasteiger charge is 2.17. The maximum atomic E-state index is 10.4. The van der Waals surface area contributed by atoms with Gasteiger partial charge in [0.1, 0.15) is 11.9 Å². The van der Waals surface area contributed by atoms with Crippen molar-refractivity contribution in [2.75, 3.05) is 6.61 Å². The van der Waals surface area contributed by atoms with Gasteiger partial charge in [-0.15, -0.1) is 0 Å². The number of ether oxygens (including phenoxy) is 1. The summed E-state index contributed by atoms with van der Waals surface area (Å²) in [5, 5.41) is 20.1. The highest BCUT2D eigenvalue weighted by Crippen LogP contribution is 2.10. The van der Waals surface area contributed by atoms with Gasteiger partial charge < -0.3 is 20.0 Å². The Labute approximate surface area is 99.0 Å². The van der Waals surface area contributed by atoms with Gasteiger partial charge in [0.2, 0.25) is 0 Å². The van der Waals surface area contributed by atoms with Gasteiger partial charge in [-0.1, -0.05) is 4.98 Å². The molecule has 96 valence electrons. The van der Waals surface area contributed by atoms with E-state index in [2.05, 4.69) is 9.97 Å². The average Bonchev–Trinajstić information content (AvgIpc) is 2.62. The molecule has 7 nitrogen and oxygen atoms in total. The molecule has 1 rings (SSSR count). The minimum Gasteiger partial charge on any atom is -0.390 e. The largest absolute Gasteiger partial charge is 0.432 e. The molecule has 0 saturated heterocycles. The van der Waals surface area contributed by atoms with Crippen LogP contribution in [0.15, 0.2) is 6.20 Å². The molecule has 1 heterocycles. The number of rotatable bonds is 5. The first-order chi connectivity index (χ1) is 7.78. The third-order valence-corrected chi connectivity index (χ3v) is 1.95. The van der Waals surface area contributed by atoms with Crippen molar-refractivity contribution in [1.29, 1.82) is 0 Å². The van der Waals surface area contributed by atoms with E-state index in [1.54, 1.807) is 0 Å². The van der Waals surface area contributed by atoms with E-state index < -0.39 is 11.0 Å². The number of aromatic nitrogens is 2. The number of imidazole rings is 1. The minimum absolute atomic E-state index is 0.177. The Morgan fingerprint density at radius 1 is 1.65 bits per heavy atom. The van der Waals surface area contributed by atoms with Crippen LogP contribution in [0.3, 0.4) is 0 Å². The van der Waals surface area contributed by atoms with E-state index in [0.717, 1.165) is 0 Å². The SMILES string of the molecule is CC(C)(C)OCC(O)Cc1cnc([N+](=O)[O-])[nH]1. The third kappa shape index (κ3) is 4.92. The van der Waals surface area contributed by atoms with Gasteiger partial charge in [0.05, 0.1) is 18.3 Å². The molecule has 17 heavy (non-hydrogen) atoms. The number of hydrogen-bond donors (Lipinski definition) is 2. The zero-order chi connectivity index (χ0) is 13.1. The van der Waals surface area contributed by atoms with E-state index in [1.165, 1.54) is 6.20 Å². The van der Waals surface area contributed by atoms with E-state index in [-0.39, 0.29) is 24.6 Å². The molecule has 2 N–H and O–H groups in total. The second-order valence-corrected chi connectivity index (χ2v) is 4.77. The Hall–Kier alpha value is -1.47. The summed E-state index contributed by atoms with van der Waals surface area (Å²) in [6, 6.07) is 0. The summed E-state index contributed by atoms with van der Waals surface area (Å²) in [5.74, 6) is -0.316. The summed E-state index contributed by atoms with van der Waals surface area (Å²) >= 11 is 0. The van der Waals surface area contributed by atoms with Gasteiger partial charge in [0.15, 0.2) is 0 Å². The fourth-order valence-electron chi connectivity index (χ4n) is 1.20. The summed E-state index contributed by atoms with van der Waals surface area (Å²) in [7, 11) is 0. The normalized spacial score (nSPS) is 13.6. The zero-order valence-electron chi connectivity index (χ0n) is 10.1. The van der Waals surface area contributed by atoms with Crippen molar-refractivity contribution in [2.24, 2.45) is 0 Å². The van der Waals surface area contributed by atoms with Crippen molar-refractivity contribution in [3.8, 4) is 0 Å². The number of nitrogens with one attached hydrogen (secondary N) is 1. The van der Waals surface area contributed by atoms with E-state index in [1.807, 2.05) is 20.8 Å². The van der Waals surface area contributed by atoms with Crippen LogP contribution in [0.25, 0.3) is 0 Å². The predicted octanol–water partition coefficient (Wildman–Crippen LogP) is 1.04. The second-order valence-electron chi connectivity index (χ2n) is 4.77. The molecule has 0 saturated carbocycles.